The molecule has 8 heteroatoms. The van der Waals surface area contributed by atoms with Gasteiger partial charge in [-0.3, -0.25) is 0 Å². The van der Waals surface area contributed by atoms with E-state index in [1.165, 1.54) is 4.68 Å². The van der Waals surface area contributed by atoms with Crippen molar-refractivity contribution in [1.82, 2.24) is 15.1 Å². The predicted molar refractivity (Wildman–Crippen MR) is 153 cm³/mol. The van der Waals surface area contributed by atoms with Crippen LogP contribution in [0.2, 0.25) is 0 Å². The van der Waals surface area contributed by atoms with Crippen molar-refractivity contribution >= 4 is 28.8 Å². The number of nitrogens with zero attached hydrogens (tertiary/aromatic N) is 3. The Morgan fingerprint density at radius 1 is 0.947 bits per heavy atom. The molecule has 3 rings (SSSR count). The number of carbonyl (C=O) groups excluding carboxylic acids is 2. The van der Waals surface area contributed by atoms with Crippen LogP contribution in [0.15, 0.2) is 42.6 Å². The van der Waals surface area contributed by atoms with E-state index in [0.717, 1.165) is 40.9 Å². The molecule has 1 amide bonds. The summed E-state index contributed by atoms with van der Waals surface area (Å²) in [6.07, 6.45) is 0.837. The topological polar surface area (TPSA) is 85.7 Å². The number of nitrogens with one attached hydrogen (secondary N) is 1. The number of benzene rings is 2. The fourth-order valence-corrected chi connectivity index (χ4v) is 4.31. The van der Waals surface area contributed by atoms with Gasteiger partial charge in [0.2, 0.25) is 0 Å². The van der Waals surface area contributed by atoms with E-state index in [4.69, 9.17) is 9.47 Å². The minimum atomic E-state index is -0.613. The highest BCUT2D eigenvalue weighted by atomic mass is 16.6. The molecule has 1 atom stereocenters. The SMILES string of the molecule is CCN(CC)c1c(-c2ccc(C(C)CNC(=O)OC(C)(C)C)cc2)ccc2c1cnn2C(=O)OC(C)(C)C. The largest absolute Gasteiger partial charge is 0.444 e. The number of aromatic nitrogens is 2. The van der Waals surface area contributed by atoms with E-state index in [2.05, 4.69) is 60.4 Å². The van der Waals surface area contributed by atoms with E-state index < -0.39 is 23.4 Å². The Hall–Kier alpha value is -3.55. The standard InChI is InChI=1S/C30H42N4O4/c1-10-33(11-2)26-23(16-17-25-24(26)19-32-34(25)28(36)38-30(7,8)9)22-14-12-21(13-15-22)20(3)18-31-27(35)37-29(4,5)6/h12-17,19-20H,10-11,18H2,1-9H3,(H,31,35). The maximum absolute atomic E-state index is 12.8. The molecule has 1 heterocycles. The van der Waals surface area contributed by atoms with Gasteiger partial charge in [0, 0.05) is 30.6 Å². The molecular weight excluding hydrogens is 480 g/mol. The summed E-state index contributed by atoms with van der Waals surface area (Å²) in [5, 5.41) is 8.14. The minimum absolute atomic E-state index is 0.119. The van der Waals surface area contributed by atoms with Crippen molar-refractivity contribution in [3.8, 4) is 11.1 Å². The maximum Gasteiger partial charge on any atom is 0.435 e. The Kier molecular flexibility index (Phi) is 8.75. The van der Waals surface area contributed by atoms with Crippen LogP contribution in [0.3, 0.4) is 0 Å². The molecule has 0 fully saturated rings. The number of fused-ring (bicyclic) bond motifs is 1. The number of ether oxygens (including phenoxy) is 2. The van der Waals surface area contributed by atoms with Crippen LogP contribution in [-0.2, 0) is 9.47 Å². The third-order valence-electron chi connectivity index (χ3n) is 6.11. The number of carbonyl (C=O) groups is 2. The summed E-state index contributed by atoms with van der Waals surface area (Å²) >= 11 is 0. The summed E-state index contributed by atoms with van der Waals surface area (Å²) in [7, 11) is 0. The molecule has 0 radical (unpaired) electrons. The number of anilines is 1. The Labute approximate surface area is 226 Å². The quantitative estimate of drug-likeness (QED) is 0.361. The minimum Gasteiger partial charge on any atom is -0.444 e. The lowest BCUT2D eigenvalue weighted by Crippen LogP contribution is -2.34. The van der Waals surface area contributed by atoms with E-state index >= 15 is 0 Å². The van der Waals surface area contributed by atoms with Gasteiger partial charge >= 0.3 is 12.2 Å². The summed E-state index contributed by atoms with van der Waals surface area (Å²) in [4.78, 5) is 27.1. The van der Waals surface area contributed by atoms with E-state index in [0.29, 0.717) is 12.1 Å². The highest BCUT2D eigenvalue weighted by molar-refractivity contribution is 6.03. The fourth-order valence-electron chi connectivity index (χ4n) is 4.31. The number of alkyl carbamates (subject to hydrolysis) is 1. The molecule has 0 spiro atoms. The molecule has 2 aromatic carbocycles. The summed E-state index contributed by atoms with van der Waals surface area (Å²) in [5.74, 6) is 0.119. The average Bonchev–Trinajstić information content (AvgIpc) is 3.26. The van der Waals surface area contributed by atoms with Gasteiger partial charge in [0.05, 0.1) is 17.4 Å². The third-order valence-corrected chi connectivity index (χ3v) is 6.11. The van der Waals surface area contributed by atoms with Crippen molar-refractivity contribution < 1.29 is 19.1 Å². The van der Waals surface area contributed by atoms with Crippen LogP contribution < -0.4 is 10.2 Å². The van der Waals surface area contributed by atoms with Crippen LogP contribution >= 0.6 is 0 Å². The molecule has 0 saturated carbocycles. The molecule has 3 aromatic rings. The van der Waals surface area contributed by atoms with Crippen molar-refractivity contribution in [3.63, 3.8) is 0 Å². The zero-order valence-electron chi connectivity index (χ0n) is 24.2. The first-order valence-electron chi connectivity index (χ1n) is 13.3. The van der Waals surface area contributed by atoms with E-state index in [1.807, 2.05) is 53.7 Å². The third kappa shape index (κ3) is 7.05. The predicted octanol–water partition coefficient (Wildman–Crippen LogP) is 6.96. The lowest BCUT2D eigenvalue weighted by atomic mass is 9.95. The Morgan fingerprint density at radius 2 is 1.55 bits per heavy atom. The summed E-state index contributed by atoms with van der Waals surface area (Å²) in [5.41, 5.74) is 3.86. The van der Waals surface area contributed by atoms with E-state index in [9.17, 15) is 9.59 Å². The first-order valence-corrected chi connectivity index (χ1v) is 13.3. The first kappa shape index (κ1) is 29.0. The van der Waals surface area contributed by atoms with Gasteiger partial charge in [-0.2, -0.15) is 9.78 Å². The molecule has 0 aliphatic heterocycles. The monoisotopic (exact) mass is 522 g/mol. The van der Waals surface area contributed by atoms with Gasteiger partial charge < -0.3 is 19.7 Å². The number of amides is 1. The summed E-state index contributed by atoms with van der Waals surface area (Å²) in [6, 6.07) is 12.4. The number of hydrogen-bond donors (Lipinski definition) is 1. The molecule has 1 unspecified atom stereocenters. The highest BCUT2D eigenvalue weighted by Crippen LogP contribution is 2.38. The fraction of sp³-hybridized carbons (Fsp3) is 0.500. The zero-order valence-corrected chi connectivity index (χ0v) is 24.2. The van der Waals surface area contributed by atoms with Gasteiger partial charge in [0.15, 0.2) is 0 Å². The van der Waals surface area contributed by atoms with Gasteiger partial charge in [-0.05, 0) is 78.5 Å². The second-order valence-electron chi connectivity index (χ2n) is 11.5. The maximum atomic E-state index is 12.8. The van der Waals surface area contributed by atoms with Gasteiger partial charge in [-0.15, -0.1) is 0 Å². The van der Waals surface area contributed by atoms with Crippen molar-refractivity contribution in [2.75, 3.05) is 24.5 Å². The van der Waals surface area contributed by atoms with Crippen LogP contribution in [0, 0.1) is 0 Å². The van der Waals surface area contributed by atoms with Crippen LogP contribution in [0.25, 0.3) is 22.0 Å². The van der Waals surface area contributed by atoms with Crippen LogP contribution in [-0.4, -0.2) is 52.8 Å². The molecule has 0 aliphatic rings. The van der Waals surface area contributed by atoms with E-state index in [-0.39, 0.29) is 5.92 Å². The normalized spacial score (nSPS) is 12.8. The van der Waals surface area contributed by atoms with Crippen LogP contribution in [0.4, 0.5) is 15.3 Å². The van der Waals surface area contributed by atoms with Gasteiger partial charge in [0.1, 0.15) is 11.2 Å². The first-order chi connectivity index (χ1) is 17.7. The molecule has 8 nitrogen and oxygen atoms in total. The molecule has 206 valence electrons. The Bertz CT molecular complexity index is 1260. The van der Waals surface area contributed by atoms with E-state index in [1.54, 1.807) is 6.20 Å². The van der Waals surface area contributed by atoms with Crippen LogP contribution in [0.1, 0.15) is 73.8 Å². The highest BCUT2D eigenvalue weighted by Gasteiger charge is 2.23. The second kappa shape index (κ2) is 11.5. The Morgan fingerprint density at radius 3 is 2.11 bits per heavy atom. The lowest BCUT2D eigenvalue weighted by molar-refractivity contribution is 0.0512. The smallest absolute Gasteiger partial charge is 0.435 e. The Balaban J connectivity index is 1.92. The van der Waals surface area contributed by atoms with Crippen molar-refractivity contribution in [3.05, 3.63) is 48.2 Å². The molecule has 1 aromatic heterocycles. The van der Waals surface area contributed by atoms with Gasteiger partial charge in [-0.25, -0.2) is 9.59 Å². The van der Waals surface area contributed by atoms with Gasteiger partial charge in [0.25, 0.3) is 0 Å². The zero-order chi connectivity index (χ0) is 28.3. The molecule has 1 N–H and O–H groups in total. The lowest BCUT2D eigenvalue weighted by Gasteiger charge is -2.25. The molecular formula is C30H42N4O4. The number of rotatable bonds is 7. The second-order valence-corrected chi connectivity index (χ2v) is 11.5. The van der Waals surface area contributed by atoms with Crippen molar-refractivity contribution in [2.45, 2.75) is 79.4 Å². The van der Waals surface area contributed by atoms with Crippen LogP contribution in [0.5, 0.6) is 0 Å². The summed E-state index contributed by atoms with van der Waals surface area (Å²) < 4.78 is 12.2. The average molecular weight is 523 g/mol. The molecule has 0 aliphatic carbocycles. The van der Waals surface area contributed by atoms with Crippen molar-refractivity contribution in [1.29, 1.82) is 0 Å². The van der Waals surface area contributed by atoms with Gasteiger partial charge in [-0.1, -0.05) is 37.3 Å². The number of hydrogen-bond acceptors (Lipinski definition) is 6. The van der Waals surface area contributed by atoms with Crippen molar-refractivity contribution in [2.24, 2.45) is 0 Å². The molecule has 0 saturated heterocycles. The molecule has 0 bridgehead atoms. The summed E-state index contributed by atoms with van der Waals surface area (Å²) in [6.45, 7) is 19.5. The molecule has 38 heavy (non-hydrogen) atoms.